The Morgan fingerprint density at radius 1 is 0.964 bits per heavy atom. The van der Waals surface area contributed by atoms with Crippen molar-refractivity contribution >= 4 is 22.7 Å². The van der Waals surface area contributed by atoms with Gasteiger partial charge in [0, 0.05) is 43.3 Å². The number of fused-ring (bicyclic) bond motifs is 1. The first-order valence-electron chi connectivity index (χ1n) is 9.42. The number of benzene rings is 2. The number of piperazine rings is 1. The molecule has 6 heteroatoms. The van der Waals surface area contributed by atoms with Gasteiger partial charge in [0.2, 0.25) is 5.91 Å². The molecule has 0 saturated carbocycles. The summed E-state index contributed by atoms with van der Waals surface area (Å²) in [5, 5.41) is 1.08. The van der Waals surface area contributed by atoms with Gasteiger partial charge in [0.05, 0.1) is 19.1 Å². The molecule has 1 saturated heterocycles. The Balaban J connectivity index is 1.38. The maximum absolute atomic E-state index is 12.8. The van der Waals surface area contributed by atoms with Crippen LogP contribution in [0.1, 0.15) is 15.9 Å². The fourth-order valence-electron chi connectivity index (χ4n) is 3.70. The Bertz CT molecular complexity index is 1000. The van der Waals surface area contributed by atoms with Gasteiger partial charge >= 0.3 is 0 Å². The first kappa shape index (κ1) is 18.1. The maximum Gasteiger partial charge on any atom is 0.257 e. The van der Waals surface area contributed by atoms with Crippen LogP contribution in [-0.2, 0) is 11.2 Å². The monoisotopic (exact) mass is 377 g/mol. The number of rotatable bonds is 4. The van der Waals surface area contributed by atoms with Crippen LogP contribution in [0.15, 0.2) is 54.7 Å². The lowest BCUT2D eigenvalue weighted by molar-refractivity contribution is -0.131. The third-order valence-electron chi connectivity index (χ3n) is 5.27. The van der Waals surface area contributed by atoms with E-state index >= 15 is 0 Å². The summed E-state index contributed by atoms with van der Waals surface area (Å²) in [7, 11) is 1.56. The molecule has 3 aromatic rings. The molecule has 1 fully saturated rings. The van der Waals surface area contributed by atoms with Crippen LogP contribution in [0.3, 0.4) is 0 Å². The van der Waals surface area contributed by atoms with Crippen LogP contribution in [0.4, 0.5) is 0 Å². The molecule has 0 atom stereocenters. The lowest BCUT2D eigenvalue weighted by Crippen LogP contribution is -2.51. The normalized spacial score (nSPS) is 14.3. The molecule has 1 aromatic heterocycles. The zero-order valence-corrected chi connectivity index (χ0v) is 15.9. The van der Waals surface area contributed by atoms with Crippen LogP contribution >= 0.6 is 0 Å². The summed E-state index contributed by atoms with van der Waals surface area (Å²) in [5.41, 5.74) is 2.61. The highest BCUT2D eigenvalue weighted by Gasteiger charge is 2.26. The molecule has 0 unspecified atom stereocenters. The molecule has 4 rings (SSSR count). The average Bonchev–Trinajstić information content (AvgIpc) is 3.16. The third kappa shape index (κ3) is 3.45. The standard InChI is InChI=1S/C22H23N3O3/c1-28-20-9-5-3-7-18(20)22(27)25-12-10-24(11-13-25)21(26)14-16-15-23-19-8-4-2-6-17(16)19/h2-9,15,23H,10-14H2,1H3. The number of amides is 2. The number of aromatic amines is 1. The number of methoxy groups -OCH3 is 1. The van der Waals surface area contributed by atoms with Crippen molar-refractivity contribution in [3.63, 3.8) is 0 Å². The summed E-state index contributed by atoms with van der Waals surface area (Å²) in [6.45, 7) is 2.14. The zero-order valence-electron chi connectivity index (χ0n) is 15.9. The van der Waals surface area contributed by atoms with Crippen molar-refractivity contribution in [1.29, 1.82) is 0 Å². The summed E-state index contributed by atoms with van der Waals surface area (Å²) in [4.78, 5) is 32.4. The fourth-order valence-corrected chi connectivity index (χ4v) is 3.70. The Labute approximate surface area is 163 Å². The molecule has 28 heavy (non-hydrogen) atoms. The highest BCUT2D eigenvalue weighted by molar-refractivity contribution is 5.97. The average molecular weight is 377 g/mol. The Kier molecular flexibility index (Phi) is 5.02. The summed E-state index contributed by atoms with van der Waals surface area (Å²) in [6.07, 6.45) is 2.27. The second-order valence-corrected chi connectivity index (χ2v) is 6.91. The third-order valence-corrected chi connectivity index (χ3v) is 5.27. The smallest absolute Gasteiger partial charge is 0.257 e. The summed E-state index contributed by atoms with van der Waals surface area (Å²) < 4.78 is 5.30. The minimum Gasteiger partial charge on any atom is -0.496 e. The topological polar surface area (TPSA) is 65.6 Å². The van der Waals surface area contributed by atoms with Crippen molar-refractivity contribution in [3.05, 3.63) is 65.9 Å². The van der Waals surface area contributed by atoms with Crippen LogP contribution in [0, 0.1) is 0 Å². The number of hydrogen-bond acceptors (Lipinski definition) is 3. The Morgan fingerprint density at radius 2 is 1.64 bits per heavy atom. The van der Waals surface area contributed by atoms with Gasteiger partial charge < -0.3 is 19.5 Å². The van der Waals surface area contributed by atoms with Gasteiger partial charge in [0.1, 0.15) is 5.75 Å². The van der Waals surface area contributed by atoms with Gasteiger partial charge in [-0.3, -0.25) is 9.59 Å². The number of hydrogen-bond donors (Lipinski definition) is 1. The van der Waals surface area contributed by atoms with E-state index in [1.54, 1.807) is 24.1 Å². The Hall–Kier alpha value is -3.28. The number of carbonyl (C=O) groups is 2. The first-order valence-corrected chi connectivity index (χ1v) is 9.42. The molecule has 0 spiro atoms. The van der Waals surface area contributed by atoms with Gasteiger partial charge in [0.25, 0.3) is 5.91 Å². The van der Waals surface area contributed by atoms with Crippen LogP contribution < -0.4 is 4.74 Å². The number of H-pyrrole nitrogens is 1. The van der Waals surface area contributed by atoms with Crippen LogP contribution in [0.25, 0.3) is 10.9 Å². The van der Waals surface area contributed by atoms with Crippen molar-refractivity contribution in [1.82, 2.24) is 14.8 Å². The van der Waals surface area contributed by atoms with Crippen molar-refractivity contribution in [2.75, 3.05) is 33.3 Å². The van der Waals surface area contributed by atoms with E-state index in [1.165, 1.54) is 0 Å². The molecule has 1 aliphatic heterocycles. The van der Waals surface area contributed by atoms with E-state index in [9.17, 15) is 9.59 Å². The maximum atomic E-state index is 12.8. The molecular formula is C22H23N3O3. The van der Waals surface area contributed by atoms with E-state index in [1.807, 2.05) is 47.5 Å². The largest absolute Gasteiger partial charge is 0.496 e. The second-order valence-electron chi connectivity index (χ2n) is 6.91. The van der Waals surface area contributed by atoms with Gasteiger partial charge in [-0.25, -0.2) is 0 Å². The van der Waals surface area contributed by atoms with E-state index in [0.29, 0.717) is 43.9 Å². The molecule has 1 aliphatic rings. The minimum absolute atomic E-state index is 0.0545. The lowest BCUT2D eigenvalue weighted by Gasteiger charge is -2.35. The number of aromatic nitrogens is 1. The molecule has 144 valence electrons. The van der Waals surface area contributed by atoms with E-state index in [0.717, 1.165) is 16.5 Å². The predicted molar refractivity (Wildman–Crippen MR) is 107 cm³/mol. The molecule has 2 amide bonds. The first-order chi connectivity index (χ1) is 13.7. The molecule has 2 aromatic carbocycles. The summed E-state index contributed by atoms with van der Waals surface area (Å²) >= 11 is 0. The van der Waals surface area contributed by atoms with E-state index in [4.69, 9.17) is 4.74 Å². The van der Waals surface area contributed by atoms with E-state index in [-0.39, 0.29) is 11.8 Å². The molecule has 2 heterocycles. The highest BCUT2D eigenvalue weighted by Crippen LogP contribution is 2.21. The van der Waals surface area contributed by atoms with Crippen LogP contribution in [-0.4, -0.2) is 59.9 Å². The molecule has 1 N–H and O–H groups in total. The van der Waals surface area contributed by atoms with Crippen molar-refractivity contribution in [2.45, 2.75) is 6.42 Å². The lowest BCUT2D eigenvalue weighted by atomic mass is 10.1. The van der Waals surface area contributed by atoms with E-state index < -0.39 is 0 Å². The highest BCUT2D eigenvalue weighted by atomic mass is 16.5. The van der Waals surface area contributed by atoms with Gasteiger partial charge in [-0.2, -0.15) is 0 Å². The second kappa shape index (κ2) is 7.76. The molecule has 0 bridgehead atoms. The number of nitrogens with zero attached hydrogens (tertiary/aromatic N) is 2. The molecular weight excluding hydrogens is 354 g/mol. The molecule has 6 nitrogen and oxygen atoms in total. The van der Waals surface area contributed by atoms with Crippen LogP contribution in [0.2, 0.25) is 0 Å². The van der Waals surface area contributed by atoms with Crippen LogP contribution in [0.5, 0.6) is 5.75 Å². The predicted octanol–water partition coefficient (Wildman–Crippen LogP) is 2.70. The number of nitrogens with one attached hydrogen (secondary N) is 1. The SMILES string of the molecule is COc1ccccc1C(=O)N1CCN(C(=O)Cc2c[nH]c3ccccc23)CC1. The van der Waals surface area contributed by atoms with Gasteiger partial charge in [-0.1, -0.05) is 30.3 Å². The van der Waals surface area contributed by atoms with Crippen molar-refractivity contribution in [3.8, 4) is 5.75 Å². The summed E-state index contributed by atoms with van der Waals surface area (Å²) in [6, 6.07) is 15.2. The zero-order chi connectivity index (χ0) is 19.5. The minimum atomic E-state index is -0.0545. The number of para-hydroxylation sites is 2. The molecule has 0 radical (unpaired) electrons. The Morgan fingerprint density at radius 3 is 2.43 bits per heavy atom. The van der Waals surface area contributed by atoms with E-state index in [2.05, 4.69) is 4.98 Å². The fraction of sp³-hybridized carbons (Fsp3) is 0.273. The van der Waals surface area contributed by atoms with Gasteiger partial charge in [0.15, 0.2) is 0 Å². The number of carbonyl (C=O) groups excluding carboxylic acids is 2. The molecule has 0 aliphatic carbocycles. The quantitative estimate of drug-likeness (QED) is 0.760. The van der Waals surface area contributed by atoms with Gasteiger partial charge in [-0.15, -0.1) is 0 Å². The van der Waals surface area contributed by atoms with Crippen molar-refractivity contribution in [2.24, 2.45) is 0 Å². The summed E-state index contributed by atoms with van der Waals surface area (Å²) in [5.74, 6) is 0.612. The van der Waals surface area contributed by atoms with Crippen molar-refractivity contribution < 1.29 is 14.3 Å². The number of ether oxygens (including phenoxy) is 1. The van der Waals surface area contributed by atoms with Gasteiger partial charge in [-0.05, 0) is 23.8 Å².